The first-order chi connectivity index (χ1) is 26.1. The second-order valence-corrected chi connectivity index (χ2v) is 15.0. The van der Waals surface area contributed by atoms with Crippen LogP contribution in [0.1, 0.15) is 38.3 Å². The summed E-state index contributed by atoms with van der Waals surface area (Å²) in [5.41, 5.74) is 15.8. The predicted molar refractivity (Wildman–Crippen MR) is 222 cm³/mol. The SMILES string of the molecule is CCCn1c(-c2cccc(-n3c4ccccc4c4c3c3c(c5c6ccccc6n(-c6ccccc6)c54)C(C)(C)c4ccccc4-3)c2)nc2ccccc21. The summed E-state index contributed by atoms with van der Waals surface area (Å²) in [5.74, 6) is 1.01. The van der Waals surface area contributed by atoms with Gasteiger partial charge in [0.25, 0.3) is 0 Å². The number of hydrogen-bond donors (Lipinski definition) is 0. The molecule has 0 bridgehead atoms. The molecule has 254 valence electrons. The molecule has 0 amide bonds. The standard InChI is InChI=1S/C49H38N4/c1-4-29-51-41-28-15-12-25-38(41)50-48(51)31-17-16-20-33(30-31)53-40-27-14-10-23-36(40)44-46(53)42-34-21-8-11-24-37(34)49(2,3)45(42)43-35-22-9-13-26-39(35)52(47(43)44)32-18-6-5-7-19-32/h5-28,30H,4,29H2,1-3H3. The highest BCUT2D eigenvalue weighted by Crippen LogP contribution is 2.58. The van der Waals surface area contributed by atoms with E-state index in [2.05, 4.69) is 186 Å². The molecule has 7 aromatic carbocycles. The second kappa shape index (κ2) is 11.1. The van der Waals surface area contributed by atoms with Crippen LogP contribution in [0.4, 0.5) is 0 Å². The van der Waals surface area contributed by atoms with Gasteiger partial charge in [0.05, 0.1) is 33.1 Å². The third-order valence-corrected chi connectivity index (χ3v) is 11.7. The fourth-order valence-electron chi connectivity index (χ4n) is 9.60. The predicted octanol–water partition coefficient (Wildman–Crippen LogP) is 12.6. The molecule has 0 spiro atoms. The lowest BCUT2D eigenvalue weighted by Gasteiger charge is -2.23. The molecule has 1 aliphatic carbocycles. The van der Waals surface area contributed by atoms with Gasteiger partial charge in [0, 0.05) is 56.0 Å². The highest BCUT2D eigenvalue weighted by molar-refractivity contribution is 6.31. The zero-order valence-electron chi connectivity index (χ0n) is 30.1. The van der Waals surface area contributed by atoms with Crippen LogP contribution in [0.5, 0.6) is 0 Å². The molecular weight excluding hydrogens is 645 g/mol. The van der Waals surface area contributed by atoms with E-state index in [1.54, 1.807) is 0 Å². The number of hydrogen-bond acceptors (Lipinski definition) is 1. The average molecular weight is 683 g/mol. The van der Waals surface area contributed by atoms with Crippen molar-refractivity contribution in [2.75, 3.05) is 0 Å². The molecule has 0 saturated carbocycles. The molecule has 3 aromatic heterocycles. The van der Waals surface area contributed by atoms with Gasteiger partial charge in [-0.05, 0) is 71.6 Å². The Hall–Kier alpha value is -6.39. The van der Waals surface area contributed by atoms with Crippen molar-refractivity contribution in [2.45, 2.75) is 39.2 Å². The van der Waals surface area contributed by atoms with Crippen molar-refractivity contribution in [3.63, 3.8) is 0 Å². The van der Waals surface area contributed by atoms with Gasteiger partial charge in [0.2, 0.25) is 0 Å². The lowest BCUT2D eigenvalue weighted by molar-refractivity contribution is 0.667. The van der Waals surface area contributed by atoms with Gasteiger partial charge < -0.3 is 13.7 Å². The minimum atomic E-state index is -0.224. The molecule has 11 rings (SSSR count). The van der Waals surface area contributed by atoms with Crippen LogP contribution in [-0.2, 0) is 12.0 Å². The number of aryl methyl sites for hydroxylation is 1. The average Bonchev–Trinajstić information content (AvgIpc) is 3.91. The van der Waals surface area contributed by atoms with Crippen LogP contribution in [0.15, 0.2) is 152 Å². The molecule has 0 N–H and O–H groups in total. The minimum absolute atomic E-state index is 0.224. The zero-order valence-corrected chi connectivity index (χ0v) is 30.1. The maximum Gasteiger partial charge on any atom is 0.141 e. The first kappa shape index (κ1) is 30.3. The number of nitrogens with zero attached hydrogens (tertiary/aromatic N) is 4. The molecule has 0 radical (unpaired) electrons. The van der Waals surface area contributed by atoms with Crippen LogP contribution in [0.3, 0.4) is 0 Å². The van der Waals surface area contributed by atoms with Crippen molar-refractivity contribution >= 4 is 54.6 Å². The Balaban J connectivity index is 1.35. The van der Waals surface area contributed by atoms with E-state index >= 15 is 0 Å². The Morgan fingerprint density at radius 2 is 1.19 bits per heavy atom. The zero-order chi connectivity index (χ0) is 35.4. The van der Waals surface area contributed by atoms with Gasteiger partial charge in [0.1, 0.15) is 5.82 Å². The van der Waals surface area contributed by atoms with E-state index in [1.807, 2.05) is 0 Å². The third-order valence-electron chi connectivity index (χ3n) is 11.7. The molecule has 0 aliphatic heterocycles. The van der Waals surface area contributed by atoms with E-state index in [0.29, 0.717) is 0 Å². The molecule has 1 aliphatic rings. The van der Waals surface area contributed by atoms with E-state index in [9.17, 15) is 0 Å². The maximum atomic E-state index is 5.22. The number of rotatable bonds is 5. The Labute approximate surface area is 308 Å². The fraction of sp³-hybridized carbons (Fsp3) is 0.122. The maximum absolute atomic E-state index is 5.22. The molecular formula is C49H38N4. The summed E-state index contributed by atoms with van der Waals surface area (Å²) in [5, 5.41) is 5.17. The molecule has 4 nitrogen and oxygen atoms in total. The Kier molecular flexibility index (Phi) is 6.31. The number of imidazole rings is 1. The third kappa shape index (κ3) is 4.04. The van der Waals surface area contributed by atoms with Crippen molar-refractivity contribution in [3.8, 4) is 33.9 Å². The van der Waals surface area contributed by atoms with Gasteiger partial charge in [-0.3, -0.25) is 0 Å². The summed E-state index contributed by atoms with van der Waals surface area (Å²) in [6, 6.07) is 55.6. The molecule has 0 unspecified atom stereocenters. The van der Waals surface area contributed by atoms with Crippen molar-refractivity contribution < 1.29 is 0 Å². The lowest BCUT2D eigenvalue weighted by Crippen LogP contribution is -2.15. The smallest absolute Gasteiger partial charge is 0.141 e. The molecule has 4 heteroatoms. The van der Waals surface area contributed by atoms with Gasteiger partial charge >= 0.3 is 0 Å². The Morgan fingerprint density at radius 3 is 1.96 bits per heavy atom. The van der Waals surface area contributed by atoms with Crippen molar-refractivity contribution in [1.29, 1.82) is 0 Å². The van der Waals surface area contributed by atoms with Crippen molar-refractivity contribution in [2.24, 2.45) is 0 Å². The van der Waals surface area contributed by atoms with Crippen LogP contribution in [0.2, 0.25) is 0 Å². The van der Waals surface area contributed by atoms with Gasteiger partial charge in [-0.1, -0.05) is 124 Å². The largest absolute Gasteiger partial charge is 0.324 e. The van der Waals surface area contributed by atoms with Crippen molar-refractivity contribution in [3.05, 3.63) is 163 Å². The van der Waals surface area contributed by atoms with E-state index in [-0.39, 0.29) is 5.41 Å². The van der Waals surface area contributed by atoms with Crippen LogP contribution in [0.25, 0.3) is 88.5 Å². The van der Waals surface area contributed by atoms with Gasteiger partial charge in [0.15, 0.2) is 0 Å². The van der Waals surface area contributed by atoms with E-state index in [4.69, 9.17) is 4.98 Å². The second-order valence-electron chi connectivity index (χ2n) is 15.0. The van der Waals surface area contributed by atoms with Crippen LogP contribution in [-0.4, -0.2) is 18.7 Å². The Morgan fingerprint density at radius 1 is 0.566 bits per heavy atom. The summed E-state index contributed by atoms with van der Waals surface area (Å²) in [6.45, 7) is 7.99. The summed E-state index contributed by atoms with van der Waals surface area (Å²) < 4.78 is 7.45. The number of para-hydroxylation sites is 5. The fourth-order valence-corrected chi connectivity index (χ4v) is 9.60. The van der Waals surface area contributed by atoms with Crippen molar-refractivity contribution in [1.82, 2.24) is 18.7 Å². The number of aromatic nitrogens is 4. The van der Waals surface area contributed by atoms with Gasteiger partial charge in [-0.15, -0.1) is 0 Å². The van der Waals surface area contributed by atoms with E-state index < -0.39 is 0 Å². The first-order valence-electron chi connectivity index (χ1n) is 18.8. The normalized spacial score (nSPS) is 13.5. The Bertz CT molecular complexity index is 3100. The number of benzene rings is 7. The van der Waals surface area contributed by atoms with E-state index in [0.717, 1.165) is 35.6 Å². The van der Waals surface area contributed by atoms with Gasteiger partial charge in [-0.25, -0.2) is 4.98 Å². The molecule has 3 heterocycles. The quantitative estimate of drug-likeness (QED) is 0.178. The van der Waals surface area contributed by atoms with Crippen LogP contribution < -0.4 is 0 Å². The highest BCUT2D eigenvalue weighted by atomic mass is 15.1. The molecule has 10 aromatic rings. The van der Waals surface area contributed by atoms with E-state index in [1.165, 1.54) is 77.1 Å². The summed E-state index contributed by atoms with van der Waals surface area (Å²) in [6.07, 6.45) is 1.03. The molecule has 0 saturated heterocycles. The molecule has 53 heavy (non-hydrogen) atoms. The minimum Gasteiger partial charge on any atom is -0.324 e. The topological polar surface area (TPSA) is 27.7 Å². The first-order valence-corrected chi connectivity index (χ1v) is 18.8. The molecule has 0 fully saturated rings. The summed E-state index contributed by atoms with van der Waals surface area (Å²) in [7, 11) is 0. The van der Waals surface area contributed by atoms with Gasteiger partial charge in [-0.2, -0.15) is 0 Å². The van der Waals surface area contributed by atoms with Crippen LogP contribution >= 0.6 is 0 Å². The lowest BCUT2D eigenvalue weighted by atomic mass is 9.80. The monoisotopic (exact) mass is 682 g/mol. The summed E-state index contributed by atoms with van der Waals surface area (Å²) >= 11 is 0. The molecule has 0 atom stereocenters. The van der Waals surface area contributed by atoms with Crippen LogP contribution in [0, 0.1) is 0 Å². The summed E-state index contributed by atoms with van der Waals surface area (Å²) in [4.78, 5) is 5.22. The number of fused-ring (bicyclic) bond motifs is 13. The highest BCUT2D eigenvalue weighted by Gasteiger charge is 2.41.